The van der Waals surface area contributed by atoms with Crippen molar-refractivity contribution in [2.24, 2.45) is 4.99 Å². The van der Waals surface area contributed by atoms with Crippen LogP contribution in [-0.2, 0) is 9.53 Å². The van der Waals surface area contributed by atoms with Gasteiger partial charge < -0.3 is 20.7 Å². The average Bonchev–Trinajstić information content (AvgIpc) is 2.53. The van der Waals surface area contributed by atoms with Gasteiger partial charge in [0.05, 0.1) is 6.61 Å². The molecule has 0 aliphatic heterocycles. The highest BCUT2D eigenvalue weighted by molar-refractivity contribution is 7.99. The second kappa shape index (κ2) is 11.6. The molecule has 0 radical (unpaired) electrons. The number of ether oxygens (including phenoxy) is 1. The lowest BCUT2D eigenvalue weighted by molar-refractivity contribution is -0.119. The second-order valence-electron chi connectivity index (χ2n) is 5.40. The third-order valence-corrected chi connectivity index (χ3v) is 4.75. The molecule has 3 N–H and O–H groups in total. The van der Waals surface area contributed by atoms with Crippen molar-refractivity contribution in [1.29, 1.82) is 0 Å². The van der Waals surface area contributed by atoms with Gasteiger partial charge in [0.15, 0.2) is 5.96 Å². The second-order valence-corrected chi connectivity index (χ2v) is 6.54. The zero-order valence-corrected chi connectivity index (χ0v) is 14.8. The third-order valence-electron chi connectivity index (χ3n) is 3.65. The molecule has 128 valence electrons. The van der Waals surface area contributed by atoms with Crippen LogP contribution in [0.25, 0.3) is 0 Å². The van der Waals surface area contributed by atoms with E-state index in [1.165, 1.54) is 19.3 Å². The molecule has 0 aromatic rings. The fourth-order valence-corrected chi connectivity index (χ4v) is 3.33. The van der Waals surface area contributed by atoms with Crippen molar-refractivity contribution in [3.63, 3.8) is 0 Å². The predicted octanol–water partition coefficient (Wildman–Crippen LogP) is 0.978. The lowest BCUT2D eigenvalue weighted by atomic mass is 9.95. The number of nitrogens with zero attached hydrogens (tertiary/aromatic N) is 1. The molecule has 6 nitrogen and oxygen atoms in total. The van der Waals surface area contributed by atoms with E-state index in [0.29, 0.717) is 19.2 Å². The molecule has 2 unspecified atom stereocenters. The molecule has 1 fully saturated rings. The summed E-state index contributed by atoms with van der Waals surface area (Å²) in [5.74, 6) is 0.649. The van der Waals surface area contributed by atoms with Gasteiger partial charge in [0.2, 0.25) is 5.91 Å². The SMILES string of the molecule is CCNC(=NCC(=O)NCCOC)NC1CCCC(SC)C1. The summed E-state index contributed by atoms with van der Waals surface area (Å²) < 4.78 is 4.90. The van der Waals surface area contributed by atoms with Gasteiger partial charge in [0.1, 0.15) is 6.54 Å². The van der Waals surface area contributed by atoms with Crippen LogP contribution in [0.4, 0.5) is 0 Å². The molecule has 1 amide bonds. The number of carbonyl (C=O) groups is 1. The van der Waals surface area contributed by atoms with E-state index in [0.717, 1.165) is 24.2 Å². The van der Waals surface area contributed by atoms with Gasteiger partial charge in [-0.05, 0) is 32.4 Å². The van der Waals surface area contributed by atoms with Gasteiger partial charge in [0, 0.05) is 31.5 Å². The maximum atomic E-state index is 11.7. The van der Waals surface area contributed by atoms with Gasteiger partial charge in [-0.3, -0.25) is 4.79 Å². The molecule has 1 aliphatic carbocycles. The van der Waals surface area contributed by atoms with Crippen LogP contribution in [0.1, 0.15) is 32.6 Å². The van der Waals surface area contributed by atoms with Crippen molar-refractivity contribution >= 4 is 23.6 Å². The molecule has 0 aromatic heterocycles. The molecule has 2 atom stereocenters. The number of nitrogens with one attached hydrogen (secondary N) is 3. The van der Waals surface area contributed by atoms with Crippen molar-refractivity contribution in [2.75, 3.05) is 39.6 Å². The van der Waals surface area contributed by atoms with Crippen molar-refractivity contribution in [1.82, 2.24) is 16.0 Å². The maximum absolute atomic E-state index is 11.7. The zero-order chi connectivity index (χ0) is 16.2. The molecular weight excluding hydrogens is 300 g/mol. The van der Waals surface area contributed by atoms with E-state index in [4.69, 9.17) is 4.74 Å². The number of methoxy groups -OCH3 is 1. The van der Waals surface area contributed by atoms with Crippen molar-refractivity contribution in [2.45, 2.75) is 43.9 Å². The number of hydrogen-bond donors (Lipinski definition) is 3. The summed E-state index contributed by atoms with van der Waals surface area (Å²) in [7, 11) is 1.61. The largest absolute Gasteiger partial charge is 0.383 e. The van der Waals surface area contributed by atoms with Crippen LogP contribution in [0.5, 0.6) is 0 Å². The van der Waals surface area contributed by atoms with E-state index in [1.807, 2.05) is 18.7 Å². The standard InChI is InChI=1S/C15H30N4O2S/c1-4-16-15(18-11-14(20)17-8-9-21-2)19-12-6-5-7-13(10-12)22-3/h12-13H,4-11H2,1-3H3,(H,17,20)(H2,16,18,19). The van der Waals surface area contributed by atoms with Crippen LogP contribution >= 0.6 is 11.8 Å². The summed E-state index contributed by atoms with van der Waals surface area (Å²) in [6.45, 7) is 3.99. The Balaban J connectivity index is 2.42. The van der Waals surface area contributed by atoms with Gasteiger partial charge in [-0.2, -0.15) is 11.8 Å². The Morgan fingerprint density at radius 3 is 2.86 bits per heavy atom. The minimum atomic E-state index is -0.0834. The van der Waals surface area contributed by atoms with Crippen LogP contribution < -0.4 is 16.0 Å². The quantitative estimate of drug-likeness (QED) is 0.351. The van der Waals surface area contributed by atoms with E-state index in [1.54, 1.807) is 7.11 Å². The summed E-state index contributed by atoms with van der Waals surface area (Å²) in [5.41, 5.74) is 0. The average molecular weight is 330 g/mol. The Hall–Kier alpha value is -0.950. The molecule has 1 rings (SSSR count). The molecule has 0 aromatic carbocycles. The van der Waals surface area contributed by atoms with Gasteiger partial charge in [0.25, 0.3) is 0 Å². The fourth-order valence-electron chi connectivity index (χ4n) is 2.50. The fraction of sp³-hybridized carbons (Fsp3) is 0.867. The van der Waals surface area contributed by atoms with Crippen LogP contribution in [0.3, 0.4) is 0 Å². The van der Waals surface area contributed by atoms with Gasteiger partial charge in [-0.15, -0.1) is 0 Å². The molecular formula is C15H30N4O2S. The number of thioether (sulfide) groups is 1. The van der Waals surface area contributed by atoms with Crippen LogP contribution in [0.15, 0.2) is 4.99 Å². The first kappa shape index (κ1) is 19.1. The van der Waals surface area contributed by atoms with E-state index in [2.05, 4.69) is 27.2 Å². The number of amides is 1. The van der Waals surface area contributed by atoms with Gasteiger partial charge in [-0.1, -0.05) is 6.42 Å². The van der Waals surface area contributed by atoms with Gasteiger partial charge in [-0.25, -0.2) is 4.99 Å². The number of hydrogen-bond acceptors (Lipinski definition) is 4. The normalized spacial score (nSPS) is 22.2. The molecule has 0 saturated heterocycles. The minimum absolute atomic E-state index is 0.0834. The monoisotopic (exact) mass is 330 g/mol. The molecule has 1 aliphatic rings. The van der Waals surface area contributed by atoms with Gasteiger partial charge >= 0.3 is 0 Å². The summed E-state index contributed by atoms with van der Waals surface area (Å²) in [6.07, 6.45) is 7.05. The zero-order valence-electron chi connectivity index (χ0n) is 14.0. The summed E-state index contributed by atoms with van der Waals surface area (Å²) in [6, 6.07) is 0.445. The number of aliphatic imine (C=N–C) groups is 1. The van der Waals surface area contributed by atoms with E-state index >= 15 is 0 Å². The van der Waals surface area contributed by atoms with Crippen molar-refractivity contribution < 1.29 is 9.53 Å². The minimum Gasteiger partial charge on any atom is -0.383 e. The lowest BCUT2D eigenvalue weighted by Gasteiger charge is -2.29. The Kier molecular flexibility index (Phi) is 10.1. The van der Waals surface area contributed by atoms with Crippen molar-refractivity contribution in [3.05, 3.63) is 0 Å². The van der Waals surface area contributed by atoms with E-state index in [-0.39, 0.29) is 12.5 Å². The lowest BCUT2D eigenvalue weighted by Crippen LogP contribution is -2.46. The highest BCUT2D eigenvalue weighted by Crippen LogP contribution is 2.26. The van der Waals surface area contributed by atoms with Crippen molar-refractivity contribution in [3.8, 4) is 0 Å². The molecule has 7 heteroatoms. The molecule has 1 saturated carbocycles. The Morgan fingerprint density at radius 1 is 1.36 bits per heavy atom. The number of carbonyl (C=O) groups excluding carboxylic acids is 1. The smallest absolute Gasteiger partial charge is 0.241 e. The topological polar surface area (TPSA) is 74.8 Å². The molecule has 0 bridgehead atoms. The highest BCUT2D eigenvalue weighted by atomic mass is 32.2. The number of guanidine groups is 1. The Bertz CT molecular complexity index is 352. The Labute approximate surface area is 138 Å². The first-order chi connectivity index (χ1) is 10.7. The Morgan fingerprint density at radius 2 is 2.18 bits per heavy atom. The predicted molar refractivity (Wildman–Crippen MR) is 93.6 cm³/mol. The van der Waals surface area contributed by atoms with E-state index in [9.17, 15) is 4.79 Å². The molecule has 0 spiro atoms. The van der Waals surface area contributed by atoms with Crippen LogP contribution in [-0.4, -0.2) is 62.8 Å². The summed E-state index contributed by atoms with van der Waals surface area (Å²) >= 11 is 1.94. The molecule has 0 heterocycles. The number of rotatable bonds is 8. The van der Waals surface area contributed by atoms with Crippen LogP contribution in [0.2, 0.25) is 0 Å². The van der Waals surface area contributed by atoms with E-state index < -0.39 is 0 Å². The maximum Gasteiger partial charge on any atom is 0.241 e. The molecule has 22 heavy (non-hydrogen) atoms. The first-order valence-electron chi connectivity index (χ1n) is 8.02. The highest BCUT2D eigenvalue weighted by Gasteiger charge is 2.21. The summed E-state index contributed by atoms with van der Waals surface area (Å²) in [5, 5.41) is 10.2. The first-order valence-corrected chi connectivity index (χ1v) is 9.31. The third kappa shape index (κ3) is 7.89. The van der Waals surface area contributed by atoms with Crippen LogP contribution in [0, 0.1) is 0 Å². The summed E-state index contributed by atoms with van der Waals surface area (Å²) in [4.78, 5) is 16.1.